The maximum atomic E-state index is 12.7. The number of nitrogens with zero attached hydrogens (tertiary/aromatic N) is 3. The van der Waals surface area contributed by atoms with Crippen molar-refractivity contribution < 1.29 is 14.3 Å². The second-order valence-corrected chi connectivity index (χ2v) is 5.78. The summed E-state index contributed by atoms with van der Waals surface area (Å²) in [6, 6.07) is 3.80. The van der Waals surface area contributed by atoms with Crippen molar-refractivity contribution >= 4 is 11.8 Å². The molecule has 6 nitrogen and oxygen atoms in total. The van der Waals surface area contributed by atoms with Crippen molar-refractivity contribution in [2.45, 2.75) is 31.3 Å². The molecule has 3 rings (SSSR count). The van der Waals surface area contributed by atoms with E-state index in [1.807, 2.05) is 9.80 Å². The molecule has 3 heterocycles. The molecule has 0 aromatic carbocycles. The lowest BCUT2D eigenvalue weighted by Gasteiger charge is -2.39. The van der Waals surface area contributed by atoms with Crippen LogP contribution in [0.2, 0.25) is 0 Å². The van der Waals surface area contributed by atoms with Gasteiger partial charge in [-0.25, -0.2) is 0 Å². The van der Waals surface area contributed by atoms with E-state index in [-0.39, 0.29) is 23.9 Å². The topological polar surface area (TPSA) is 62.7 Å². The highest BCUT2D eigenvalue weighted by Gasteiger charge is 2.44. The number of methoxy groups -OCH3 is 1. The molecule has 2 saturated heterocycles. The van der Waals surface area contributed by atoms with E-state index in [0.29, 0.717) is 31.7 Å². The van der Waals surface area contributed by atoms with E-state index in [9.17, 15) is 9.59 Å². The van der Waals surface area contributed by atoms with Crippen molar-refractivity contribution in [2.75, 3.05) is 26.8 Å². The van der Waals surface area contributed by atoms with Crippen molar-refractivity contribution in [2.24, 2.45) is 0 Å². The standard InChI is InChI=1S/C16H21N3O3/c1-22-10-9-18-14-6-8-19(13(14)4-5-15(18)20)16(21)12-3-2-7-17-11-12/h2-3,7,11,13-14H,4-6,8-10H2,1H3/t13-,14-/m0/s1. The van der Waals surface area contributed by atoms with Gasteiger partial charge in [0.15, 0.2) is 0 Å². The Morgan fingerprint density at radius 1 is 1.41 bits per heavy atom. The SMILES string of the molecule is COCCN1C(=O)CC[C@H]2[C@@H]1CCN2C(=O)c1cccnc1. The Morgan fingerprint density at radius 2 is 2.27 bits per heavy atom. The number of likely N-dealkylation sites (tertiary alicyclic amines) is 2. The highest BCUT2D eigenvalue weighted by atomic mass is 16.5. The Bertz CT molecular complexity index is 549. The highest BCUT2D eigenvalue weighted by molar-refractivity contribution is 5.94. The van der Waals surface area contributed by atoms with Crippen LogP contribution in [-0.2, 0) is 9.53 Å². The molecule has 2 fully saturated rings. The minimum Gasteiger partial charge on any atom is -0.383 e. The van der Waals surface area contributed by atoms with Crippen LogP contribution < -0.4 is 0 Å². The van der Waals surface area contributed by atoms with Crippen LogP contribution in [-0.4, -0.2) is 65.5 Å². The lowest BCUT2D eigenvalue weighted by atomic mass is 9.96. The van der Waals surface area contributed by atoms with Crippen LogP contribution in [0.25, 0.3) is 0 Å². The number of carbonyl (C=O) groups is 2. The molecule has 0 N–H and O–H groups in total. The first kappa shape index (κ1) is 15.0. The van der Waals surface area contributed by atoms with Crippen molar-refractivity contribution in [1.29, 1.82) is 0 Å². The molecule has 2 atom stereocenters. The molecule has 0 unspecified atom stereocenters. The summed E-state index contributed by atoms with van der Waals surface area (Å²) in [7, 11) is 1.64. The minimum absolute atomic E-state index is 0.0154. The molecule has 0 saturated carbocycles. The van der Waals surface area contributed by atoms with Crippen molar-refractivity contribution in [3.05, 3.63) is 30.1 Å². The summed E-state index contributed by atoms with van der Waals surface area (Å²) in [5, 5.41) is 0. The Morgan fingerprint density at radius 3 is 3.00 bits per heavy atom. The van der Waals surface area contributed by atoms with E-state index in [4.69, 9.17) is 4.74 Å². The fraction of sp³-hybridized carbons (Fsp3) is 0.562. The molecular weight excluding hydrogens is 282 g/mol. The van der Waals surface area contributed by atoms with Crippen LogP contribution >= 0.6 is 0 Å². The normalized spacial score (nSPS) is 24.5. The van der Waals surface area contributed by atoms with Crippen LogP contribution in [0.4, 0.5) is 0 Å². The fourth-order valence-corrected chi connectivity index (χ4v) is 3.54. The first-order valence-corrected chi connectivity index (χ1v) is 7.72. The quantitative estimate of drug-likeness (QED) is 0.830. The van der Waals surface area contributed by atoms with Crippen LogP contribution in [0.15, 0.2) is 24.5 Å². The second-order valence-electron chi connectivity index (χ2n) is 5.78. The fourth-order valence-electron chi connectivity index (χ4n) is 3.54. The summed E-state index contributed by atoms with van der Waals surface area (Å²) < 4.78 is 5.10. The Labute approximate surface area is 130 Å². The van der Waals surface area contributed by atoms with Gasteiger partial charge >= 0.3 is 0 Å². The minimum atomic E-state index is 0.0154. The van der Waals surface area contributed by atoms with Crippen LogP contribution in [0, 0.1) is 0 Å². The number of carbonyl (C=O) groups excluding carboxylic acids is 2. The van der Waals surface area contributed by atoms with Gasteiger partial charge in [0.05, 0.1) is 24.3 Å². The summed E-state index contributed by atoms with van der Waals surface area (Å²) in [5.41, 5.74) is 0.614. The number of rotatable bonds is 4. The van der Waals surface area contributed by atoms with Gasteiger partial charge < -0.3 is 14.5 Å². The van der Waals surface area contributed by atoms with Gasteiger partial charge in [0.1, 0.15) is 0 Å². The number of piperidine rings is 1. The van der Waals surface area contributed by atoms with Crippen molar-refractivity contribution in [1.82, 2.24) is 14.8 Å². The zero-order chi connectivity index (χ0) is 15.5. The molecule has 2 amide bonds. The second kappa shape index (κ2) is 6.44. The first-order valence-electron chi connectivity index (χ1n) is 7.72. The first-order chi connectivity index (χ1) is 10.7. The summed E-state index contributed by atoms with van der Waals surface area (Å²) in [5.74, 6) is 0.190. The third-order valence-electron chi connectivity index (χ3n) is 4.59. The molecule has 6 heteroatoms. The van der Waals surface area contributed by atoms with Crippen LogP contribution in [0.5, 0.6) is 0 Å². The Balaban J connectivity index is 1.75. The van der Waals surface area contributed by atoms with Gasteiger partial charge in [-0.1, -0.05) is 0 Å². The molecule has 0 radical (unpaired) electrons. The van der Waals surface area contributed by atoms with E-state index >= 15 is 0 Å². The third-order valence-corrected chi connectivity index (χ3v) is 4.59. The van der Waals surface area contributed by atoms with E-state index in [1.54, 1.807) is 31.6 Å². The summed E-state index contributed by atoms with van der Waals surface area (Å²) in [4.78, 5) is 32.6. The number of ether oxygens (including phenoxy) is 1. The number of hydrogen-bond donors (Lipinski definition) is 0. The number of hydrogen-bond acceptors (Lipinski definition) is 4. The van der Waals surface area contributed by atoms with Crippen molar-refractivity contribution in [3.63, 3.8) is 0 Å². The van der Waals surface area contributed by atoms with Gasteiger partial charge in [-0.15, -0.1) is 0 Å². The highest BCUT2D eigenvalue weighted by Crippen LogP contribution is 2.32. The molecule has 118 valence electrons. The van der Waals surface area contributed by atoms with E-state index in [1.165, 1.54) is 0 Å². The number of fused-ring (bicyclic) bond motifs is 1. The molecule has 0 spiro atoms. The molecule has 22 heavy (non-hydrogen) atoms. The zero-order valence-electron chi connectivity index (χ0n) is 12.8. The molecule has 0 bridgehead atoms. The lowest BCUT2D eigenvalue weighted by Crippen LogP contribution is -2.54. The van der Waals surface area contributed by atoms with Crippen LogP contribution in [0.1, 0.15) is 29.6 Å². The number of pyridine rings is 1. The monoisotopic (exact) mass is 303 g/mol. The van der Waals surface area contributed by atoms with Gasteiger partial charge in [0.2, 0.25) is 5.91 Å². The largest absolute Gasteiger partial charge is 0.383 e. The van der Waals surface area contributed by atoms with Gasteiger partial charge in [0.25, 0.3) is 5.91 Å². The van der Waals surface area contributed by atoms with Crippen LogP contribution in [0.3, 0.4) is 0 Å². The lowest BCUT2D eigenvalue weighted by molar-refractivity contribution is -0.138. The summed E-state index contributed by atoms with van der Waals surface area (Å²) in [6.45, 7) is 1.83. The van der Waals surface area contributed by atoms with Gasteiger partial charge in [-0.3, -0.25) is 14.6 Å². The predicted molar refractivity (Wildman–Crippen MR) is 80.3 cm³/mol. The van der Waals surface area contributed by atoms with Crippen molar-refractivity contribution in [3.8, 4) is 0 Å². The van der Waals surface area contributed by atoms with E-state index < -0.39 is 0 Å². The predicted octanol–water partition coefficient (Wildman–Crippen LogP) is 0.933. The maximum Gasteiger partial charge on any atom is 0.255 e. The average molecular weight is 303 g/mol. The smallest absolute Gasteiger partial charge is 0.255 e. The van der Waals surface area contributed by atoms with E-state index in [2.05, 4.69) is 4.98 Å². The summed E-state index contributed by atoms with van der Waals surface area (Å²) >= 11 is 0. The molecule has 0 aliphatic carbocycles. The Hall–Kier alpha value is -1.95. The average Bonchev–Trinajstić information content (AvgIpc) is 2.98. The van der Waals surface area contributed by atoms with Gasteiger partial charge in [0, 0.05) is 39.0 Å². The molecule has 1 aromatic rings. The van der Waals surface area contributed by atoms with Gasteiger partial charge in [-0.05, 0) is 25.0 Å². The zero-order valence-corrected chi connectivity index (χ0v) is 12.8. The molecule has 2 aliphatic rings. The summed E-state index contributed by atoms with van der Waals surface area (Å²) in [6.07, 6.45) is 5.36. The Kier molecular flexibility index (Phi) is 4.38. The number of amides is 2. The molecular formula is C16H21N3O3. The third kappa shape index (κ3) is 2.70. The van der Waals surface area contributed by atoms with Gasteiger partial charge in [-0.2, -0.15) is 0 Å². The molecule has 2 aliphatic heterocycles. The molecule has 1 aromatic heterocycles. The van der Waals surface area contributed by atoms with E-state index in [0.717, 1.165) is 12.8 Å². The number of aromatic nitrogens is 1. The maximum absolute atomic E-state index is 12.7.